The van der Waals surface area contributed by atoms with Crippen molar-refractivity contribution < 1.29 is 0 Å². The standard InChI is InChI=1S/C47H37N5/c1-30-10-9-11-31(2)47(30)40-15-6-8-17-44(40)51-43-16-7-5-14-38(43)36-12-3-4-13-37(36)41-26-35(21-20-34(41)29-50)52-45-23-19-32(27-48)24-42(45)39-22-18-33(28-49)25-46(39)52/h3-5,7-10,12-14,16-26,30-31,47,51H,6,11,15H2,1-2H3. The molecule has 0 saturated heterocycles. The van der Waals surface area contributed by atoms with Gasteiger partial charge in [-0.05, 0) is 114 Å². The number of nitrogens with zero attached hydrogens (tertiary/aromatic N) is 4. The lowest BCUT2D eigenvalue weighted by molar-refractivity contribution is 0.316. The summed E-state index contributed by atoms with van der Waals surface area (Å²) in [6.45, 7) is 4.72. The second-order valence-electron chi connectivity index (χ2n) is 14.0. The predicted molar refractivity (Wildman–Crippen MR) is 210 cm³/mol. The van der Waals surface area contributed by atoms with Gasteiger partial charge in [0.2, 0.25) is 0 Å². The average Bonchev–Trinajstić information content (AvgIpc) is 3.51. The molecule has 0 fully saturated rings. The number of aromatic nitrogens is 1. The van der Waals surface area contributed by atoms with E-state index >= 15 is 0 Å². The van der Waals surface area contributed by atoms with E-state index in [1.807, 2.05) is 54.6 Å². The molecule has 0 bridgehead atoms. The molecular formula is C47H37N5. The number of benzene rings is 5. The van der Waals surface area contributed by atoms with E-state index in [1.165, 1.54) is 11.3 Å². The lowest BCUT2D eigenvalue weighted by Gasteiger charge is -2.35. The molecule has 0 radical (unpaired) electrons. The first kappa shape index (κ1) is 32.6. The largest absolute Gasteiger partial charge is 0.355 e. The Morgan fingerprint density at radius 2 is 1.40 bits per heavy atom. The van der Waals surface area contributed by atoms with E-state index in [2.05, 4.69) is 115 Å². The molecule has 5 heteroatoms. The highest BCUT2D eigenvalue weighted by Gasteiger charge is 2.30. The monoisotopic (exact) mass is 671 g/mol. The molecule has 0 saturated carbocycles. The minimum absolute atomic E-state index is 0.490. The second kappa shape index (κ2) is 13.6. The summed E-state index contributed by atoms with van der Waals surface area (Å²) >= 11 is 0. The molecular weight excluding hydrogens is 635 g/mol. The SMILES string of the molecule is CC1C=CCC(C)C1C1=C(Nc2ccccc2-c2ccccc2-c2cc(-n3c4ccc(C#N)cc4c4ccc(C#N)cc43)ccc2C#N)C=CCC1. The molecule has 5 nitrogen and oxygen atoms in total. The molecule has 5 aromatic carbocycles. The van der Waals surface area contributed by atoms with Crippen molar-refractivity contribution >= 4 is 27.5 Å². The van der Waals surface area contributed by atoms with Gasteiger partial charge in [-0.25, -0.2) is 0 Å². The summed E-state index contributed by atoms with van der Waals surface area (Å²) < 4.78 is 2.13. The van der Waals surface area contributed by atoms with E-state index in [1.54, 1.807) is 0 Å². The fourth-order valence-electron chi connectivity index (χ4n) is 8.46. The summed E-state index contributed by atoms with van der Waals surface area (Å²) in [6, 6.07) is 41.0. The van der Waals surface area contributed by atoms with Gasteiger partial charge in [0, 0.05) is 39.0 Å². The van der Waals surface area contributed by atoms with Crippen LogP contribution in [0.25, 0.3) is 49.7 Å². The van der Waals surface area contributed by atoms with Crippen LogP contribution in [-0.4, -0.2) is 4.57 Å². The highest BCUT2D eigenvalue weighted by molar-refractivity contribution is 6.10. The molecule has 2 aliphatic rings. The highest BCUT2D eigenvalue weighted by atomic mass is 15.0. The molecule has 0 aliphatic heterocycles. The van der Waals surface area contributed by atoms with Gasteiger partial charge in [0.05, 0.1) is 45.9 Å². The van der Waals surface area contributed by atoms with Crippen LogP contribution in [0.1, 0.15) is 49.8 Å². The Labute approximate surface area is 304 Å². The van der Waals surface area contributed by atoms with Crippen LogP contribution in [0.15, 0.2) is 139 Å². The van der Waals surface area contributed by atoms with Gasteiger partial charge in [-0.3, -0.25) is 0 Å². The van der Waals surface area contributed by atoms with Gasteiger partial charge in [-0.2, -0.15) is 15.8 Å². The Morgan fingerprint density at radius 1 is 0.673 bits per heavy atom. The minimum atomic E-state index is 0.490. The second-order valence-corrected chi connectivity index (χ2v) is 14.0. The Bertz CT molecular complexity index is 2610. The van der Waals surface area contributed by atoms with Crippen molar-refractivity contribution in [3.05, 3.63) is 155 Å². The smallest absolute Gasteiger partial charge is 0.0998 e. The first-order valence-corrected chi connectivity index (χ1v) is 17.9. The number of nitrogens with one attached hydrogen (secondary N) is 1. The zero-order valence-electron chi connectivity index (χ0n) is 29.3. The van der Waals surface area contributed by atoms with Gasteiger partial charge in [0.1, 0.15) is 0 Å². The van der Waals surface area contributed by atoms with Gasteiger partial charge in [0.15, 0.2) is 0 Å². The van der Waals surface area contributed by atoms with Crippen LogP contribution in [0, 0.1) is 51.7 Å². The fourth-order valence-corrected chi connectivity index (χ4v) is 8.46. The molecule has 1 aromatic heterocycles. The Morgan fingerprint density at radius 3 is 2.17 bits per heavy atom. The number of anilines is 1. The summed E-state index contributed by atoms with van der Waals surface area (Å²) in [6.07, 6.45) is 12.5. The Balaban J connectivity index is 1.28. The molecule has 3 unspecified atom stereocenters. The quantitative estimate of drug-likeness (QED) is 0.178. The van der Waals surface area contributed by atoms with Crippen molar-refractivity contribution in [1.82, 2.24) is 4.57 Å². The Kier molecular flexibility index (Phi) is 8.52. The van der Waals surface area contributed by atoms with Gasteiger partial charge in [-0.1, -0.05) is 80.6 Å². The first-order valence-electron chi connectivity index (χ1n) is 17.9. The van der Waals surface area contributed by atoms with E-state index in [9.17, 15) is 15.8 Å². The van der Waals surface area contributed by atoms with Crippen LogP contribution >= 0.6 is 0 Å². The van der Waals surface area contributed by atoms with E-state index in [-0.39, 0.29) is 0 Å². The number of para-hydroxylation sites is 1. The van der Waals surface area contributed by atoms with E-state index in [0.717, 1.165) is 74.7 Å². The van der Waals surface area contributed by atoms with Crippen molar-refractivity contribution in [2.24, 2.45) is 17.8 Å². The number of nitriles is 3. The number of hydrogen-bond acceptors (Lipinski definition) is 4. The molecule has 1 heterocycles. The lowest BCUT2D eigenvalue weighted by Crippen LogP contribution is -2.26. The van der Waals surface area contributed by atoms with Crippen molar-refractivity contribution in [1.29, 1.82) is 15.8 Å². The molecule has 0 amide bonds. The third-order valence-corrected chi connectivity index (χ3v) is 10.9. The zero-order valence-corrected chi connectivity index (χ0v) is 29.3. The van der Waals surface area contributed by atoms with Crippen LogP contribution in [0.2, 0.25) is 0 Å². The molecule has 1 N–H and O–H groups in total. The molecule has 8 rings (SSSR count). The fraction of sp³-hybridized carbons (Fsp3) is 0.170. The highest BCUT2D eigenvalue weighted by Crippen LogP contribution is 2.43. The predicted octanol–water partition coefficient (Wildman–Crippen LogP) is 11.6. The summed E-state index contributed by atoms with van der Waals surface area (Å²) in [5, 5.41) is 35.7. The summed E-state index contributed by atoms with van der Waals surface area (Å²) in [5.74, 6) is 1.57. The van der Waals surface area contributed by atoms with Crippen LogP contribution in [0.4, 0.5) is 5.69 Å². The minimum Gasteiger partial charge on any atom is -0.355 e. The maximum Gasteiger partial charge on any atom is 0.0998 e. The van der Waals surface area contributed by atoms with Gasteiger partial charge in [-0.15, -0.1) is 0 Å². The molecule has 3 atom stereocenters. The molecule has 2 aliphatic carbocycles. The lowest BCUT2D eigenvalue weighted by atomic mass is 9.71. The molecule has 52 heavy (non-hydrogen) atoms. The average molecular weight is 672 g/mol. The number of fused-ring (bicyclic) bond motifs is 3. The summed E-state index contributed by atoms with van der Waals surface area (Å²) in [5.41, 5.74) is 11.9. The third kappa shape index (κ3) is 5.66. The van der Waals surface area contributed by atoms with Crippen molar-refractivity contribution in [3.63, 3.8) is 0 Å². The van der Waals surface area contributed by atoms with Crippen LogP contribution < -0.4 is 5.32 Å². The van der Waals surface area contributed by atoms with Crippen LogP contribution in [0.3, 0.4) is 0 Å². The maximum absolute atomic E-state index is 10.4. The van der Waals surface area contributed by atoms with Gasteiger partial charge in [0.25, 0.3) is 0 Å². The maximum atomic E-state index is 10.4. The van der Waals surface area contributed by atoms with Crippen molar-refractivity contribution in [2.75, 3.05) is 5.32 Å². The summed E-state index contributed by atoms with van der Waals surface area (Å²) in [4.78, 5) is 0. The number of allylic oxidation sites excluding steroid dienone is 5. The first-order chi connectivity index (χ1) is 25.5. The molecule has 6 aromatic rings. The number of rotatable bonds is 6. The van der Waals surface area contributed by atoms with Crippen molar-refractivity contribution in [3.8, 4) is 46.1 Å². The topological polar surface area (TPSA) is 88.3 Å². The Hall–Kier alpha value is -6.61. The van der Waals surface area contributed by atoms with Crippen molar-refractivity contribution in [2.45, 2.75) is 33.1 Å². The van der Waals surface area contributed by atoms with E-state index in [4.69, 9.17) is 0 Å². The molecule has 0 spiro atoms. The zero-order chi connectivity index (χ0) is 35.8. The summed E-state index contributed by atoms with van der Waals surface area (Å²) in [7, 11) is 0. The normalized spacial score (nSPS) is 18.2. The number of hydrogen-bond donors (Lipinski definition) is 1. The molecule has 250 valence electrons. The van der Waals surface area contributed by atoms with Gasteiger partial charge >= 0.3 is 0 Å². The van der Waals surface area contributed by atoms with Gasteiger partial charge < -0.3 is 9.88 Å². The third-order valence-electron chi connectivity index (χ3n) is 10.9. The van der Waals surface area contributed by atoms with Crippen LogP contribution in [0.5, 0.6) is 0 Å². The van der Waals surface area contributed by atoms with Crippen LogP contribution in [-0.2, 0) is 0 Å². The van der Waals surface area contributed by atoms with E-state index in [0.29, 0.717) is 34.4 Å². The van der Waals surface area contributed by atoms with E-state index < -0.39 is 0 Å².